The lowest BCUT2D eigenvalue weighted by molar-refractivity contribution is -0.120. The number of nitrogens with one attached hydrogen (secondary N) is 1. The van der Waals surface area contributed by atoms with Gasteiger partial charge in [0.05, 0.1) is 6.26 Å². The highest BCUT2D eigenvalue weighted by molar-refractivity contribution is 8.00. The molecule has 1 aliphatic heterocycles. The molecule has 26 heavy (non-hydrogen) atoms. The van der Waals surface area contributed by atoms with E-state index in [1.54, 1.807) is 11.8 Å². The standard InChI is InChI=1S/C16H20N4O3S3/c1-26(22,23)20-9-7-13(8-10-20)14(21)17-15-18-19-16(25-15)24-11-12-5-3-2-4-6-12/h2-6,13H,7-11H2,1H3,(H,17,18,21). The first-order chi connectivity index (χ1) is 12.4. The molecule has 1 aliphatic rings. The van der Waals surface area contributed by atoms with E-state index < -0.39 is 10.0 Å². The molecule has 0 aliphatic carbocycles. The van der Waals surface area contributed by atoms with Crippen LogP contribution in [0.4, 0.5) is 5.13 Å². The van der Waals surface area contributed by atoms with Crippen molar-refractivity contribution >= 4 is 44.2 Å². The molecule has 140 valence electrons. The Morgan fingerprint density at radius 2 is 1.96 bits per heavy atom. The van der Waals surface area contributed by atoms with Gasteiger partial charge in [-0.2, -0.15) is 0 Å². The third kappa shape index (κ3) is 5.26. The number of nitrogens with zero attached hydrogens (tertiary/aromatic N) is 3. The highest BCUT2D eigenvalue weighted by atomic mass is 32.2. The Balaban J connectivity index is 1.49. The summed E-state index contributed by atoms with van der Waals surface area (Å²) in [6.45, 7) is 0.760. The summed E-state index contributed by atoms with van der Waals surface area (Å²) < 4.78 is 25.3. The fraction of sp³-hybridized carbons (Fsp3) is 0.438. The van der Waals surface area contributed by atoms with E-state index in [4.69, 9.17) is 0 Å². The molecular weight excluding hydrogens is 392 g/mol. The molecule has 7 nitrogen and oxygen atoms in total. The van der Waals surface area contributed by atoms with Crippen molar-refractivity contribution in [1.82, 2.24) is 14.5 Å². The lowest BCUT2D eigenvalue weighted by Gasteiger charge is -2.29. The van der Waals surface area contributed by atoms with Gasteiger partial charge in [0.15, 0.2) is 4.34 Å². The monoisotopic (exact) mass is 412 g/mol. The number of amides is 1. The Hall–Kier alpha value is -1.49. The zero-order chi connectivity index (χ0) is 18.6. The molecule has 0 unspecified atom stereocenters. The second kappa shape index (κ2) is 8.47. The van der Waals surface area contributed by atoms with Crippen LogP contribution in [0.25, 0.3) is 0 Å². The fourth-order valence-electron chi connectivity index (χ4n) is 2.70. The van der Waals surface area contributed by atoms with Gasteiger partial charge in [0.25, 0.3) is 0 Å². The molecule has 0 atom stereocenters. The van der Waals surface area contributed by atoms with E-state index in [2.05, 4.69) is 27.6 Å². The molecule has 0 spiro atoms. The van der Waals surface area contributed by atoms with Gasteiger partial charge in [-0.15, -0.1) is 10.2 Å². The maximum absolute atomic E-state index is 12.4. The summed E-state index contributed by atoms with van der Waals surface area (Å²) in [5, 5.41) is 11.4. The molecule has 1 aromatic carbocycles. The third-order valence-corrected chi connectivity index (χ3v) is 7.48. The lowest BCUT2D eigenvalue weighted by atomic mass is 9.97. The minimum absolute atomic E-state index is 0.117. The van der Waals surface area contributed by atoms with E-state index in [1.807, 2.05) is 18.2 Å². The maximum atomic E-state index is 12.4. The molecule has 1 N–H and O–H groups in total. The first-order valence-corrected chi connectivity index (χ1v) is 11.8. The molecule has 2 aromatic rings. The molecule has 1 fully saturated rings. The number of rotatable bonds is 6. The van der Waals surface area contributed by atoms with Crippen molar-refractivity contribution in [2.24, 2.45) is 5.92 Å². The second-order valence-electron chi connectivity index (χ2n) is 6.07. The van der Waals surface area contributed by atoms with Crippen LogP contribution in [-0.4, -0.2) is 48.2 Å². The molecule has 3 rings (SSSR count). The Kier molecular flexibility index (Phi) is 6.28. The van der Waals surface area contributed by atoms with Gasteiger partial charge in [-0.25, -0.2) is 12.7 Å². The first-order valence-electron chi connectivity index (χ1n) is 8.18. The zero-order valence-corrected chi connectivity index (χ0v) is 16.7. The Bertz CT molecular complexity index is 847. The average Bonchev–Trinajstić information content (AvgIpc) is 3.07. The highest BCUT2D eigenvalue weighted by Gasteiger charge is 2.29. The predicted octanol–water partition coefficient (Wildman–Crippen LogP) is 2.44. The Morgan fingerprint density at radius 1 is 1.27 bits per heavy atom. The second-order valence-corrected chi connectivity index (χ2v) is 10.3. The summed E-state index contributed by atoms with van der Waals surface area (Å²) in [5.74, 6) is 0.485. The molecule has 0 radical (unpaired) electrons. The molecule has 1 aromatic heterocycles. The zero-order valence-electron chi connectivity index (χ0n) is 14.3. The van der Waals surface area contributed by atoms with Gasteiger partial charge in [-0.1, -0.05) is 53.4 Å². The SMILES string of the molecule is CS(=O)(=O)N1CCC(C(=O)Nc2nnc(SCc3ccccc3)s2)CC1. The van der Waals surface area contributed by atoms with Crippen molar-refractivity contribution in [3.63, 3.8) is 0 Å². The summed E-state index contributed by atoms with van der Waals surface area (Å²) in [6, 6.07) is 10.1. The van der Waals surface area contributed by atoms with Gasteiger partial charge in [0.1, 0.15) is 0 Å². The number of carbonyl (C=O) groups excluding carboxylic acids is 1. The first kappa shape index (κ1) is 19.3. The summed E-state index contributed by atoms with van der Waals surface area (Å²) in [6.07, 6.45) is 2.24. The van der Waals surface area contributed by atoms with Crippen LogP contribution in [0.2, 0.25) is 0 Å². The summed E-state index contributed by atoms with van der Waals surface area (Å²) >= 11 is 2.93. The average molecular weight is 413 g/mol. The quantitative estimate of drug-likeness (QED) is 0.579. The number of sulfonamides is 1. The summed E-state index contributed by atoms with van der Waals surface area (Å²) in [7, 11) is -3.18. The van der Waals surface area contributed by atoms with Crippen molar-refractivity contribution in [1.29, 1.82) is 0 Å². The van der Waals surface area contributed by atoms with Gasteiger partial charge in [0.2, 0.25) is 21.1 Å². The number of thioether (sulfide) groups is 1. The van der Waals surface area contributed by atoms with Gasteiger partial charge >= 0.3 is 0 Å². The molecule has 0 saturated carbocycles. The fourth-order valence-corrected chi connectivity index (χ4v) is 5.28. The third-order valence-electron chi connectivity index (χ3n) is 4.14. The number of anilines is 1. The van der Waals surface area contributed by atoms with E-state index in [-0.39, 0.29) is 11.8 Å². The van der Waals surface area contributed by atoms with Crippen LogP contribution < -0.4 is 5.32 Å². The normalized spacial score (nSPS) is 16.5. The van der Waals surface area contributed by atoms with Crippen LogP contribution in [0.1, 0.15) is 18.4 Å². The van der Waals surface area contributed by atoms with E-state index in [1.165, 1.54) is 27.5 Å². The number of benzene rings is 1. The van der Waals surface area contributed by atoms with Crippen molar-refractivity contribution < 1.29 is 13.2 Å². The molecule has 2 heterocycles. The lowest BCUT2D eigenvalue weighted by Crippen LogP contribution is -2.40. The van der Waals surface area contributed by atoms with E-state index in [9.17, 15) is 13.2 Å². The molecular formula is C16H20N4O3S3. The minimum Gasteiger partial charge on any atom is -0.300 e. The van der Waals surface area contributed by atoms with Crippen molar-refractivity contribution in [3.8, 4) is 0 Å². The predicted molar refractivity (Wildman–Crippen MR) is 104 cm³/mol. The van der Waals surface area contributed by atoms with Crippen LogP contribution in [0, 0.1) is 5.92 Å². The smallest absolute Gasteiger partial charge is 0.229 e. The maximum Gasteiger partial charge on any atom is 0.229 e. The largest absolute Gasteiger partial charge is 0.300 e. The van der Waals surface area contributed by atoms with E-state index in [0.29, 0.717) is 31.1 Å². The molecule has 1 amide bonds. The number of piperidine rings is 1. The van der Waals surface area contributed by atoms with Crippen molar-refractivity contribution in [3.05, 3.63) is 35.9 Å². The number of carbonyl (C=O) groups is 1. The van der Waals surface area contributed by atoms with Crippen LogP contribution in [-0.2, 0) is 20.6 Å². The Labute approximate surface area is 161 Å². The number of aromatic nitrogens is 2. The number of hydrogen-bond donors (Lipinski definition) is 1. The minimum atomic E-state index is -3.18. The molecule has 10 heteroatoms. The van der Waals surface area contributed by atoms with Gasteiger partial charge in [-0.3, -0.25) is 4.79 Å². The molecule has 1 saturated heterocycles. The van der Waals surface area contributed by atoms with Crippen LogP contribution in [0.5, 0.6) is 0 Å². The van der Waals surface area contributed by atoms with Crippen LogP contribution >= 0.6 is 23.1 Å². The van der Waals surface area contributed by atoms with Crippen LogP contribution in [0.15, 0.2) is 34.7 Å². The topological polar surface area (TPSA) is 92.3 Å². The van der Waals surface area contributed by atoms with E-state index in [0.717, 1.165) is 10.1 Å². The van der Waals surface area contributed by atoms with Crippen LogP contribution in [0.3, 0.4) is 0 Å². The van der Waals surface area contributed by atoms with Crippen molar-refractivity contribution in [2.45, 2.75) is 22.9 Å². The van der Waals surface area contributed by atoms with Gasteiger partial charge in [0, 0.05) is 24.8 Å². The van der Waals surface area contributed by atoms with E-state index >= 15 is 0 Å². The number of hydrogen-bond acceptors (Lipinski definition) is 7. The molecule has 0 bridgehead atoms. The van der Waals surface area contributed by atoms with Gasteiger partial charge in [-0.05, 0) is 18.4 Å². The van der Waals surface area contributed by atoms with Gasteiger partial charge < -0.3 is 5.32 Å². The highest BCUT2D eigenvalue weighted by Crippen LogP contribution is 2.29. The van der Waals surface area contributed by atoms with Crippen molar-refractivity contribution in [2.75, 3.05) is 24.7 Å². The summed E-state index contributed by atoms with van der Waals surface area (Å²) in [5.41, 5.74) is 1.20. The summed E-state index contributed by atoms with van der Waals surface area (Å²) in [4.78, 5) is 12.4. The Morgan fingerprint density at radius 3 is 2.62 bits per heavy atom.